The van der Waals surface area contributed by atoms with Gasteiger partial charge in [-0.05, 0) is 44.9 Å². The van der Waals surface area contributed by atoms with Gasteiger partial charge in [0.15, 0.2) is 5.65 Å². The summed E-state index contributed by atoms with van der Waals surface area (Å²) in [5.74, 6) is 0.0120. The molecule has 3 aromatic rings. The maximum Gasteiger partial charge on any atom is 0.224 e. The number of pyridine rings is 1. The largest absolute Gasteiger partial charge is 0.323 e. The van der Waals surface area contributed by atoms with Gasteiger partial charge < -0.3 is 9.72 Å². The lowest BCUT2D eigenvalue weighted by atomic mass is 10.1. The third kappa shape index (κ3) is 3.26. The second-order valence-electron chi connectivity index (χ2n) is 5.94. The summed E-state index contributed by atoms with van der Waals surface area (Å²) in [5, 5.41) is 2.99. The highest BCUT2D eigenvalue weighted by Crippen LogP contribution is 2.19. The summed E-state index contributed by atoms with van der Waals surface area (Å²) >= 11 is 0. The van der Waals surface area contributed by atoms with Gasteiger partial charge in [0.2, 0.25) is 5.91 Å². The Kier molecular flexibility index (Phi) is 4.15. The zero-order valence-corrected chi connectivity index (χ0v) is 13.8. The first kappa shape index (κ1) is 15.3. The Morgan fingerprint density at radius 2 is 2.00 bits per heavy atom. The quantitative estimate of drug-likeness (QED) is 0.796. The minimum Gasteiger partial charge on any atom is -0.323 e. The summed E-state index contributed by atoms with van der Waals surface area (Å²) in [6, 6.07) is 12.1. The Morgan fingerprint density at radius 3 is 2.78 bits per heavy atom. The van der Waals surface area contributed by atoms with Crippen molar-refractivity contribution in [1.29, 1.82) is 0 Å². The number of hydrogen-bond acceptors (Lipinski definition) is 2. The fraction of sp³-hybridized carbons (Fsp3) is 0.263. The van der Waals surface area contributed by atoms with Crippen LogP contribution in [0.2, 0.25) is 0 Å². The SMILES string of the molecule is Cc1cccc(CCC(=O)Nc2cccn3c(C)c(C)nc23)c1. The highest BCUT2D eigenvalue weighted by Gasteiger charge is 2.10. The first-order valence-corrected chi connectivity index (χ1v) is 7.84. The first-order valence-electron chi connectivity index (χ1n) is 7.84. The van der Waals surface area contributed by atoms with Crippen LogP contribution in [0.3, 0.4) is 0 Å². The standard InChI is InChI=1S/C19H21N3O/c1-13-6-4-7-16(12-13)9-10-18(23)21-17-8-5-11-22-15(3)14(2)20-19(17)22/h4-8,11-12H,9-10H2,1-3H3,(H,21,23). The molecule has 0 spiro atoms. The molecule has 0 unspecified atom stereocenters. The van der Waals surface area contributed by atoms with Gasteiger partial charge in [-0.15, -0.1) is 0 Å². The first-order chi connectivity index (χ1) is 11.0. The second-order valence-corrected chi connectivity index (χ2v) is 5.94. The van der Waals surface area contributed by atoms with Crippen molar-refractivity contribution in [3.63, 3.8) is 0 Å². The van der Waals surface area contributed by atoms with Crippen LogP contribution in [0.15, 0.2) is 42.6 Å². The molecular formula is C19H21N3O. The molecule has 0 aliphatic rings. The molecule has 4 heteroatoms. The van der Waals surface area contributed by atoms with Crippen LogP contribution in [0.4, 0.5) is 5.69 Å². The van der Waals surface area contributed by atoms with Crippen molar-refractivity contribution >= 4 is 17.2 Å². The number of carbonyl (C=O) groups excluding carboxylic acids is 1. The van der Waals surface area contributed by atoms with E-state index in [1.54, 1.807) is 0 Å². The van der Waals surface area contributed by atoms with Crippen molar-refractivity contribution in [2.45, 2.75) is 33.6 Å². The minimum absolute atomic E-state index is 0.0120. The number of nitrogens with zero attached hydrogens (tertiary/aromatic N) is 2. The highest BCUT2D eigenvalue weighted by molar-refractivity contribution is 5.94. The van der Waals surface area contributed by atoms with E-state index >= 15 is 0 Å². The van der Waals surface area contributed by atoms with Crippen LogP contribution < -0.4 is 5.32 Å². The fourth-order valence-electron chi connectivity index (χ4n) is 2.73. The zero-order valence-electron chi connectivity index (χ0n) is 13.8. The number of benzene rings is 1. The van der Waals surface area contributed by atoms with Crippen molar-refractivity contribution in [3.05, 3.63) is 65.1 Å². The van der Waals surface area contributed by atoms with Gasteiger partial charge in [-0.1, -0.05) is 29.8 Å². The summed E-state index contributed by atoms with van der Waals surface area (Å²) in [5.41, 5.74) is 6.04. The second kappa shape index (κ2) is 6.24. The number of fused-ring (bicyclic) bond motifs is 1. The molecular weight excluding hydrogens is 286 g/mol. The van der Waals surface area contributed by atoms with E-state index in [2.05, 4.69) is 35.4 Å². The smallest absolute Gasteiger partial charge is 0.224 e. The summed E-state index contributed by atoms with van der Waals surface area (Å²) in [7, 11) is 0. The topological polar surface area (TPSA) is 46.4 Å². The van der Waals surface area contributed by atoms with Crippen LogP contribution in [-0.2, 0) is 11.2 Å². The molecule has 1 amide bonds. The van der Waals surface area contributed by atoms with Crippen LogP contribution in [0.1, 0.15) is 28.9 Å². The van der Waals surface area contributed by atoms with Gasteiger partial charge in [-0.25, -0.2) is 4.98 Å². The highest BCUT2D eigenvalue weighted by atomic mass is 16.1. The minimum atomic E-state index is 0.0120. The third-order valence-electron chi connectivity index (χ3n) is 4.12. The Balaban J connectivity index is 1.72. The van der Waals surface area contributed by atoms with Gasteiger partial charge in [-0.3, -0.25) is 4.79 Å². The number of rotatable bonds is 4. The van der Waals surface area contributed by atoms with E-state index in [1.165, 1.54) is 11.1 Å². The average Bonchev–Trinajstić information content (AvgIpc) is 2.82. The molecule has 23 heavy (non-hydrogen) atoms. The van der Waals surface area contributed by atoms with Crippen molar-refractivity contribution in [2.75, 3.05) is 5.32 Å². The van der Waals surface area contributed by atoms with Gasteiger partial charge in [0.1, 0.15) is 0 Å². The lowest BCUT2D eigenvalue weighted by Gasteiger charge is -2.07. The Bertz CT molecular complexity index is 864. The molecule has 0 fully saturated rings. The molecule has 0 radical (unpaired) electrons. The molecule has 1 aromatic carbocycles. The normalized spacial score (nSPS) is 10.9. The number of amides is 1. The zero-order chi connectivity index (χ0) is 16.4. The van der Waals surface area contributed by atoms with Crippen molar-refractivity contribution in [1.82, 2.24) is 9.38 Å². The number of imidazole rings is 1. The number of nitrogens with one attached hydrogen (secondary N) is 1. The fourth-order valence-corrected chi connectivity index (χ4v) is 2.73. The Labute approximate surface area is 136 Å². The number of anilines is 1. The molecule has 0 bridgehead atoms. The molecule has 2 heterocycles. The van der Waals surface area contributed by atoms with Gasteiger partial charge in [0.05, 0.1) is 11.4 Å². The molecule has 1 N–H and O–H groups in total. The van der Waals surface area contributed by atoms with Crippen LogP contribution in [0.25, 0.3) is 5.65 Å². The van der Waals surface area contributed by atoms with Crippen molar-refractivity contribution in [3.8, 4) is 0 Å². The lowest BCUT2D eigenvalue weighted by molar-refractivity contribution is -0.116. The van der Waals surface area contributed by atoms with Crippen LogP contribution >= 0.6 is 0 Å². The number of aromatic nitrogens is 2. The summed E-state index contributed by atoms with van der Waals surface area (Å²) in [6.45, 7) is 6.07. The third-order valence-corrected chi connectivity index (χ3v) is 4.12. The Morgan fingerprint density at radius 1 is 1.17 bits per heavy atom. The van der Waals surface area contributed by atoms with E-state index < -0.39 is 0 Å². The molecule has 0 aliphatic heterocycles. The number of carbonyl (C=O) groups is 1. The molecule has 2 aromatic heterocycles. The van der Waals surface area contributed by atoms with Gasteiger partial charge in [0, 0.05) is 18.3 Å². The van der Waals surface area contributed by atoms with E-state index in [0.29, 0.717) is 6.42 Å². The van der Waals surface area contributed by atoms with E-state index in [4.69, 9.17) is 0 Å². The van der Waals surface area contributed by atoms with Crippen LogP contribution in [-0.4, -0.2) is 15.3 Å². The summed E-state index contributed by atoms with van der Waals surface area (Å²) in [6.07, 6.45) is 3.17. The average molecular weight is 307 g/mol. The van der Waals surface area contributed by atoms with Gasteiger partial charge >= 0.3 is 0 Å². The molecule has 4 nitrogen and oxygen atoms in total. The van der Waals surface area contributed by atoms with E-state index in [0.717, 1.165) is 29.1 Å². The lowest BCUT2D eigenvalue weighted by Crippen LogP contribution is -2.13. The van der Waals surface area contributed by atoms with Crippen molar-refractivity contribution in [2.24, 2.45) is 0 Å². The monoisotopic (exact) mass is 307 g/mol. The maximum atomic E-state index is 12.3. The summed E-state index contributed by atoms with van der Waals surface area (Å²) < 4.78 is 2.01. The van der Waals surface area contributed by atoms with Crippen molar-refractivity contribution < 1.29 is 4.79 Å². The molecule has 118 valence electrons. The summed E-state index contributed by atoms with van der Waals surface area (Å²) in [4.78, 5) is 16.8. The van der Waals surface area contributed by atoms with E-state index in [9.17, 15) is 4.79 Å². The molecule has 0 atom stereocenters. The van der Waals surface area contributed by atoms with Crippen LogP contribution in [0, 0.1) is 20.8 Å². The van der Waals surface area contributed by atoms with Gasteiger partial charge in [-0.2, -0.15) is 0 Å². The van der Waals surface area contributed by atoms with E-state index in [-0.39, 0.29) is 5.91 Å². The van der Waals surface area contributed by atoms with Crippen LogP contribution in [0.5, 0.6) is 0 Å². The van der Waals surface area contributed by atoms with Gasteiger partial charge in [0.25, 0.3) is 0 Å². The van der Waals surface area contributed by atoms with E-state index in [1.807, 2.05) is 42.6 Å². The predicted molar refractivity (Wildman–Crippen MR) is 92.8 cm³/mol. The number of hydrogen-bond donors (Lipinski definition) is 1. The Hall–Kier alpha value is -2.62. The predicted octanol–water partition coefficient (Wildman–Crippen LogP) is 3.83. The molecule has 0 saturated carbocycles. The molecule has 0 aliphatic carbocycles. The molecule has 0 saturated heterocycles. The maximum absolute atomic E-state index is 12.3. The number of aryl methyl sites for hydroxylation is 4. The molecule has 3 rings (SSSR count).